The van der Waals surface area contributed by atoms with Gasteiger partial charge < -0.3 is 9.15 Å². The number of aryl methyl sites for hydroxylation is 1. The fourth-order valence-electron chi connectivity index (χ4n) is 4.92. The lowest BCUT2D eigenvalue weighted by atomic mass is 9.87. The van der Waals surface area contributed by atoms with Crippen LogP contribution in [0.25, 0.3) is 11.0 Å². The van der Waals surface area contributed by atoms with Crippen LogP contribution in [0.2, 0.25) is 0 Å². The van der Waals surface area contributed by atoms with Crippen LogP contribution in [0.4, 0.5) is 5.69 Å². The summed E-state index contributed by atoms with van der Waals surface area (Å²) < 4.78 is 39.9. The van der Waals surface area contributed by atoms with E-state index in [1.165, 1.54) is 0 Å². The highest BCUT2D eigenvalue weighted by molar-refractivity contribution is 7.93. The summed E-state index contributed by atoms with van der Waals surface area (Å²) in [6.07, 6.45) is 4.10. The minimum atomic E-state index is -4.23. The Hall–Kier alpha value is -3.13. The van der Waals surface area contributed by atoms with Gasteiger partial charge >= 0.3 is 5.97 Å². The average Bonchev–Trinajstić information content (AvgIpc) is 3.19. The van der Waals surface area contributed by atoms with Crippen LogP contribution in [0.5, 0.6) is 0 Å². The predicted molar refractivity (Wildman–Crippen MR) is 143 cm³/mol. The van der Waals surface area contributed by atoms with Gasteiger partial charge in [-0.1, -0.05) is 52.2 Å². The lowest BCUT2D eigenvalue weighted by Crippen LogP contribution is -2.41. The summed E-state index contributed by atoms with van der Waals surface area (Å²) in [5.74, 6) is -1.02. The maximum Gasteiger partial charge on any atom is 0.342 e. The molecule has 1 fully saturated rings. The number of fused-ring (bicyclic) bond motifs is 1. The maximum atomic E-state index is 14.0. The molecule has 0 spiro atoms. The molecule has 0 N–H and O–H groups in total. The SMILES string of the molecule is CCOC(=O)c1c(C)oc2ccc(N(C(=O)C3CCCCC3)S(=O)(=O)c3ccc(C(C)(C)C)cc3)cc12. The normalized spacial score (nSPS) is 15.1. The molecule has 0 atom stereocenters. The van der Waals surface area contributed by atoms with E-state index in [9.17, 15) is 18.0 Å². The summed E-state index contributed by atoms with van der Waals surface area (Å²) in [6, 6.07) is 11.4. The molecular weight excluding hydrogens is 490 g/mol. The predicted octanol–water partition coefficient (Wildman–Crippen LogP) is 6.52. The maximum absolute atomic E-state index is 14.0. The molecule has 0 aliphatic heterocycles. The van der Waals surface area contributed by atoms with E-state index in [4.69, 9.17) is 9.15 Å². The van der Waals surface area contributed by atoms with Crippen molar-refractivity contribution < 1.29 is 27.2 Å². The Balaban J connectivity index is 1.86. The van der Waals surface area contributed by atoms with Crippen LogP contribution in [-0.4, -0.2) is 26.9 Å². The molecular formula is C29H35NO6S. The van der Waals surface area contributed by atoms with Crippen LogP contribution < -0.4 is 4.31 Å². The average molecular weight is 526 g/mol. The largest absolute Gasteiger partial charge is 0.462 e. The third-order valence-corrected chi connectivity index (χ3v) is 8.71. The third-order valence-electron chi connectivity index (χ3n) is 6.97. The second-order valence-electron chi connectivity index (χ2n) is 10.7. The summed E-state index contributed by atoms with van der Waals surface area (Å²) in [7, 11) is -4.23. The second kappa shape index (κ2) is 10.3. The molecule has 4 rings (SSSR count). The number of amides is 1. The molecule has 1 aliphatic rings. The number of esters is 1. The summed E-state index contributed by atoms with van der Waals surface area (Å²) in [5, 5.41) is 0.410. The number of nitrogens with zero attached hydrogens (tertiary/aromatic N) is 1. The molecule has 1 saturated carbocycles. The quantitative estimate of drug-likeness (QED) is 0.340. The van der Waals surface area contributed by atoms with E-state index in [1.807, 2.05) is 0 Å². The molecule has 37 heavy (non-hydrogen) atoms. The molecule has 1 heterocycles. The van der Waals surface area contributed by atoms with Gasteiger partial charge in [0, 0.05) is 11.3 Å². The van der Waals surface area contributed by atoms with E-state index in [2.05, 4.69) is 20.8 Å². The first-order chi connectivity index (χ1) is 17.4. The van der Waals surface area contributed by atoms with E-state index >= 15 is 0 Å². The third kappa shape index (κ3) is 5.30. The summed E-state index contributed by atoms with van der Waals surface area (Å²) in [5.41, 5.74) is 1.67. The monoisotopic (exact) mass is 525 g/mol. The number of sulfonamides is 1. The fraction of sp³-hybridized carbons (Fsp3) is 0.448. The van der Waals surface area contributed by atoms with Gasteiger partial charge in [0.15, 0.2) is 0 Å². The molecule has 0 unspecified atom stereocenters. The highest BCUT2D eigenvalue weighted by Gasteiger charge is 2.36. The number of hydrogen-bond donors (Lipinski definition) is 0. The van der Waals surface area contributed by atoms with Crippen molar-refractivity contribution in [3.05, 3.63) is 59.4 Å². The van der Waals surface area contributed by atoms with Crippen LogP contribution in [0.15, 0.2) is 51.8 Å². The topological polar surface area (TPSA) is 93.9 Å². The van der Waals surface area contributed by atoms with Crippen LogP contribution in [0.3, 0.4) is 0 Å². The summed E-state index contributed by atoms with van der Waals surface area (Å²) >= 11 is 0. The Labute approximate surface area is 218 Å². The van der Waals surface area contributed by atoms with Crippen molar-refractivity contribution in [1.82, 2.24) is 0 Å². The lowest BCUT2D eigenvalue weighted by Gasteiger charge is -2.29. The van der Waals surface area contributed by atoms with Gasteiger partial charge in [0.1, 0.15) is 16.9 Å². The zero-order valence-corrected chi connectivity index (χ0v) is 23.0. The Kier molecular flexibility index (Phi) is 7.51. The van der Waals surface area contributed by atoms with E-state index in [0.717, 1.165) is 29.1 Å². The lowest BCUT2D eigenvalue weighted by molar-refractivity contribution is -0.122. The van der Waals surface area contributed by atoms with Crippen LogP contribution in [0, 0.1) is 12.8 Å². The van der Waals surface area contributed by atoms with Crippen molar-refractivity contribution in [1.29, 1.82) is 0 Å². The van der Waals surface area contributed by atoms with Crippen LogP contribution in [0.1, 0.15) is 81.5 Å². The van der Waals surface area contributed by atoms with Crippen LogP contribution >= 0.6 is 0 Å². The molecule has 0 radical (unpaired) electrons. The van der Waals surface area contributed by atoms with Crippen molar-refractivity contribution in [3.63, 3.8) is 0 Å². The molecule has 2 aromatic carbocycles. The minimum Gasteiger partial charge on any atom is -0.462 e. The Bertz CT molecular complexity index is 1410. The van der Waals surface area contributed by atoms with Gasteiger partial charge in [-0.15, -0.1) is 0 Å². The Morgan fingerprint density at radius 3 is 2.27 bits per heavy atom. The summed E-state index contributed by atoms with van der Waals surface area (Å²) in [6.45, 7) is 9.72. The zero-order valence-electron chi connectivity index (χ0n) is 22.2. The van der Waals surface area contributed by atoms with E-state index in [0.29, 0.717) is 29.6 Å². The highest BCUT2D eigenvalue weighted by atomic mass is 32.2. The molecule has 0 bridgehead atoms. The van der Waals surface area contributed by atoms with Gasteiger partial charge in [0.25, 0.3) is 10.0 Å². The highest BCUT2D eigenvalue weighted by Crippen LogP contribution is 2.36. The number of anilines is 1. The molecule has 7 nitrogen and oxygen atoms in total. The fourth-order valence-corrected chi connectivity index (χ4v) is 6.39. The Morgan fingerprint density at radius 1 is 1.03 bits per heavy atom. The number of ether oxygens (including phenoxy) is 1. The van der Waals surface area contributed by atoms with Crippen molar-refractivity contribution in [3.8, 4) is 0 Å². The number of carbonyl (C=O) groups is 2. The Morgan fingerprint density at radius 2 is 1.68 bits per heavy atom. The molecule has 8 heteroatoms. The molecule has 1 aromatic heterocycles. The number of carbonyl (C=O) groups excluding carboxylic acids is 2. The van der Waals surface area contributed by atoms with Gasteiger partial charge in [0.2, 0.25) is 5.91 Å². The van der Waals surface area contributed by atoms with E-state index in [-0.39, 0.29) is 34.1 Å². The number of hydrogen-bond acceptors (Lipinski definition) is 6. The van der Waals surface area contributed by atoms with Crippen LogP contribution in [-0.2, 0) is 25.0 Å². The zero-order chi connectivity index (χ0) is 27.0. The minimum absolute atomic E-state index is 0.0405. The number of rotatable bonds is 6. The van der Waals surface area contributed by atoms with Crippen molar-refractivity contribution in [2.45, 2.75) is 77.0 Å². The smallest absolute Gasteiger partial charge is 0.342 e. The van der Waals surface area contributed by atoms with Gasteiger partial charge in [-0.2, -0.15) is 0 Å². The first kappa shape index (κ1) is 26.9. The van der Waals surface area contributed by atoms with E-state index < -0.39 is 21.9 Å². The summed E-state index contributed by atoms with van der Waals surface area (Å²) in [4.78, 5) is 26.5. The van der Waals surface area contributed by atoms with Gasteiger partial charge in [-0.05, 0) is 68.0 Å². The molecule has 0 saturated heterocycles. The van der Waals surface area contributed by atoms with Gasteiger partial charge in [-0.25, -0.2) is 17.5 Å². The first-order valence-electron chi connectivity index (χ1n) is 12.8. The van der Waals surface area contributed by atoms with E-state index in [1.54, 1.807) is 56.3 Å². The number of benzene rings is 2. The number of furan rings is 1. The van der Waals surface area contributed by atoms with Crippen molar-refractivity contribution in [2.75, 3.05) is 10.9 Å². The standard InChI is InChI=1S/C29H35NO6S/c1-6-35-28(32)26-19(2)36-25-17-14-22(18-24(25)26)30(27(31)20-10-8-7-9-11-20)37(33,34)23-15-12-21(13-16-23)29(3,4)5/h12-18,20H,6-11H2,1-5H3. The second-order valence-corrected chi connectivity index (χ2v) is 12.4. The molecule has 1 amide bonds. The molecule has 3 aromatic rings. The molecule has 198 valence electrons. The molecule has 1 aliphatic carbocycles. The van der Waals surface area contributed by atoms with Crippen molar-refractivity contribution in [2.24, 2.45) is 5.92 Å². The first-order valence-corrected chi connectivity index (χ1v) is 14.3. The van der Waals surface area contributed by atoms with Crippen molar-refractivity contribution >= 4 is 38.6 Å². The van der Waals surface area contributed by atoms with Gasteiger partial charge in [-0.3, -0.25) is 4.79 Å². The van der Waals surface area contributed by atoms with Gasteiger partial charge in [0.05, 0.1) is 17.2 Å².